The molecule has 2 aromatic carbocycles. The fourth-order valence-electron chi connectivity index (χ4n) is 1.95. The molecule has 0 atom stereocenters. The van der Waals surface area contributed by atoms with E-state index in [9.17, 15) is 9.90 Å². The van der Waals surface area contributed by atoms with E-state index in [4.69, 9.17) is 4.42 Å². The van der Waals surface area contributed by atoms with Crippen molar-refractivity contribution in [1.29, 1.82) is 0 Å². The van der Waals surface area contributed by atoms with E-state index in [0.717, 1.165) is 4.47 Å². The summed E-state index contributed by atoms with van der Waals surface area (Å²) in [6, 6.07) is 14.1. The third-order valence-corrected chi connectivity index (χ3v) is 3.68. The molecule has 0 aliphatic rings. The van der Waals surface area contributed by atoms with E-state index in [1.807, 2.05) is 18.2 Å². The fourth-order valence-corrected chi connectivity index (χ4v) is 2.34. The average molecular weight is 344 g/mol. The molecule has 1 heterocycles. The summed E-state index contributed by atoms with van der Waals surface area (Å²) in [7, 11) is 0. The van der Waals surface area contributed by atoms with Crippen molar-refractivity contribution in [3.05, 3.63) is 69.0 Å². The van der Waals surface area contributed by atoms with Crippen LogP contribution in [0.1, 0.15) is 5.56 Å². The van der Waals surface area contributed by atoms with Crippen molar-refractivity contribution < 1.29 is 9.52 Å². The summed E-state index contributed by atoms with van der Waals surface area (Å²) in [6.45, 7) is 0. The summed E-state index contributed by atoms with van der Waals surface area (Å²) in [5.74, 6) is -0.127. The SMILES string of the molecule is O=c1oc2ccccc2c(O)c1C=Nc1ccccc1Br. The Morgan fingerprint density at radius 3 is 2.62 bits per heavy atom. The molecule has 0 saturated carbocycles. The molecule has 1 aromatic heterocycles. The minimum Gasteiger partial charge on any atom is -0.506 e. The number of aromatic hydroxyl groups is 1. The minimum absolute atomic E-state index is 0.0319. The summed E-state index contributed by atoms with van der Waals surface area (Å²) in [4.78, 5) is 16.1. The number of nitrogens with zero attached hydrogens (tertiary/aromatic N) is 1. The summed E-state index contributed by atoms with van der Waals surface area (Å²) in [5.41, 5.74) is 0.411. The van der Waals surface area contributed by atoms with Crippen molar-refractivity contribution in [3.63, 3.8) is 0 Å². The van der Waals surface area contributed by atoms with Gasteiger partial charge in [-0.1, -0.05) is 24.3 Å². The van der Waals surface area contributed by atoms with E-state index in [1.54, 1.807) is 30.3 Å². The zero-order valence-electron chi connectivity index (χ0n) is 10.8. The van der Waals surface area contributed by atoms with Crippen molar-refractivity contribution in [1.82, 2.24) is 0 Å². The predicted molar refractivity (Wildman–Crippen MR) is 85.5 cm³/mol. The Bertz CT molecular complexity index is 899. The van der Waals surface area contributed by atoms with Crippen LogP contribution in [0, 0.1) is 0 Å². The van der Waals surface area contributed by atoms with E-state index in [-0.39, 0.29) is 11.3 Å². The second kappa shape index (κ2) is 5.54. The van der Waals surface area contributed by atoms with Crippen molar-refractivity contribution >= 4 is 38.8 Å². The number of fused-ring (bicyclic) bond motifs is 1. The lowest BCUT2D eigenvalue weighted by Crippen LogP contribution is -2.06. The first kappa shape index (κ1) is 13.6. The van der Waals surface area contributed by atoms with Crippen LogP contribution in [0.3, 0.4) is 0 Å². The standard InChI is InChI=1S/C16H10BrNO3/c17-12-6-2-3-7-13(12)18-9-11-15(19)10-5-1-4-8-14(10)21-16(11)20/h1-9,19H. The zero-order chi connectivity index (χ0) is 14.8. The van der Waals surface area contributed by atoms with Crippen molar-refractivity contribution in [2.45, 2.75) is 0 Å². The quantitative estimate of drug-likeness (QED) is 0.564. The van der Waals surface area contributed by atoms with Crippen LogP contribution in [-0.2, 0) is 0 Å². The minimum atomic E-state index is -0.623. The highest BCUT2D eigenvalue weighted by atomic mass is 79.9. The molecule has 0 aliphatic carbocycles. The lowest BCUT2D eigenvalue weighted by atomic mass is 10.1. The Kier molecular flexibility index (Phi) is 3.58. The van der Waals surface area contributed by atoms with Gasteiger partial charge in [-0.25, -0.2) is 4.79 Å². The van der Waals surface area contributed by atoms with Crippen molar-refractivity contribution in [3.8, 4) is 5.75 Å². The summed E-state index contributed by atoms with van der Waals surface area (Å²) < 4.78 is 5.97. The second-order valence-electron chi connectivity index (χ2n) is 4.36. The normalized spacial score (nSPS) is 11.3. The van der Waals surface area contributed by atoms with Gasteiger partial charge in [0.05, 0.1) is 11.1 Å². The Labute approximate surface area is 128 Å². The van der Waals surface area contributed by atoms with Crippen LogP contribution in [-0.4, -0.2) is 11.3 Å². The molecule has 0 fully saturated rings. The third-order valence-electron chi connectivity index (χ3n) is 3.01. The maximum atomic E-state index is 11.9. The van der Waals surface area contributed by atoms with Gasteiger partial charge in [-0.2, -0.15) is 0 Å². The van der Waals surface area contributed by atoms with Crippen molar-refractivity contribution in [2.24, 2.45) is 4.99 Å². The molecule has 0 radical (unpaired) electrons. The molecule has 5 heteroatoms. The lowest BCUT2D eigenvalue weighted by molar-refractivity contribution is 0.466. The maximum absolute atomic E-state index is 11.9. The number of aliphatic imine (C=N–C) groups is 1. The molecular formula is C16H10BrNO3. The van der Waals surface area contributed by atoms with Gasteiger partial charge in [0.25, 0.3) is 0 Å². The number of hydrogen-bond donors (Lipinski definition) is 1. The van der Waals surface area contributed by atoms with Crippen LogP contribution in [0.25, 0.3) is 11.0 Å². The van der Waals surface area contributed by atoms with Crippen molar-refractivity contribution in [2.75, 3.05) is 0 Å². The fraction of sp³-hybridized carbons (Fsp3) is 0. The zero-order valence-corrected chi connectivity index (χ0v) is 12.4. The Balaban J connectivity index is 2.13. The molecule has 0 amide bonds. The monoisotopic (exact) mass is 343 g/mol. The van der Waals surface area contributed by atoms with Crippen LogP contribution in [0.4, 0.5) is 5.69 Å². The first-order chi connectivity index (χ1) is 10.2. The van der Waals surface area contributed by atoms with Crippen LogP contribution >= 0.6 is 15.9 Å². The first-order valence-electron chi connectivity index (χ1n) is 6.20. The average Bonchev–Trinajstić information content (AvgIpc) is 2.49. The number of para-hydroxylation sites is 2. The first-order valence-corrected chi connectivity index (χ1v) is 6.99. The number of halogens is 1. The largest absolute Gasteiger partial charge is 0.506 e. The van der Waals surface area contributed by atoms with Gasteiger partial charge in [-0.15, -0.1) is 0 Å². The van der Waals surface area contributed by atoms with E-state index in [0.29, 0.717) is 16.7 Å². The van der Waals surface area contributed by atoms with E-state index in [2.05, 4.69) is 20.9 Å². The Hall–Kier alpha value is -2.40. The highest BCUT2D eigenvalue weighted by Gasteiger charge is 2.11. The Morgan fingerprint density at radius 2 is 1.81 bits per heavy atom. The maximum Gasteiger partial charge on any atom is 0.348 e. The van der Waals surface area contributed by atoms with E-state index < -0.39 is 5.63 Å². The molecule has 0 saturated heterocycles. The number of benzene rings is 2. The van der Waals surface area contributed by atoms with Gasteiger partial charge < -0.3 is 9.52 Å². The van der Waals surface area contributed by atoms with Crippen LogP contribution in [0.2, 0.25) is 0 Å². The highest BCUT2D eigenvalue weighted by molar-refractivity contribution is 9.10. The number of hydrogen-bond acceptors (Lipinski definition) is 4. The van der Waals surface area contributed by atoms with Gasteiger partial charge in [0.2, 0.25) is 0 Å². The van der Waals surface area contributed by atoms with Gasteiger partial charge >= 0.3 is 5.63 Å². The summed E-state index contributed by atoms with van der Waals surface area (Å²) in [6.07, 6.45) is 1.31. The Morgan fingerprint density at radius 1 is 1.10 bits per heavy atom. The number of rotatable bonds is 2. The lowest BCUT2D eigenvalue weighted by Gasteiger charge is -2.02. The highest BCUT2D eigenvalue weighted by Crippen LogP contribution is 2.27. The predicted octanol–water partition coefficient (Wildman–Crippen LogP) is 4.01. The van der Waals surface area contributed by atoms with Crippen LogP contribution in [0.15, 0.2) is 67.2 Å². The van der Waals surface area contributed by atoms with Gasteiger partial charge in [-0.3, -0.25) is 4.99 Å². The molecule has 3 aromatic rings. The van der Waals surface area contributed by atoms with Gasteiger partial charge in [0.1, 0.15) is 16.9 Å². The molecule has 1 N–H and O–H groups in total. The molecule has 104 valence electrons. The van der Waals surface area contributed by atoms with Gasteiger partial charge in [0, 0.05) is 10.7 Å². The molecular weight excluding hydrogens is 334 g/mol. The summed E-state index contributed by atoms with van der Waals surface area (Å²) >= 11 is 3.37. The van der Waals surface area contributed by atoms with E-state index >= 15 is 0 Å². The topological polar surface area (TPSA) is 62.8 Å². The summed E-state index contributed by atoms with van der Waals surface area (Å²) in [5, 5.41) is 10.7. The molecule has 0 spiro atoms. The molecule has 3 rings (SSSR count). The third kappa shape index (κ3) is 2.60. The molecule has 0 aliphatic heterocycles. The molecule has 0 unspecified atom stereocenters. The molecule has 4 nitrogen and oxygen atoms in total. The van der Waals surface area contributed by atoms with Gasteiger partial charge in [-0.05, 0) is 40.2 Å². The van der Waals surface area contributed by atoms with Gasteiger partial charge in [0.15, 0.2) is 0 Å². The smallest absolute Gasteiger partial charge is 0.348 e. The van der Waals surface area contributed by atoms with E-state index in [1.165, 1.54) is 6.21 Å². The van der Waals surface area contributed by atoms with Crippen LogP contribution in [0.5, 0.6) is 5.75 Å². The second-order valence-corrected chi connectivity index (χ2v) is 5.21. The molecule has 0 bridgehead atoms. The molecule has 21 heavy (non-hydrogen) atoms. The van der Waals surface area contributed by atoms with Crippen LogP contribution < -0.4 is 5.63 Å².